The number of fused-ring (bicyclic) bond motifs is 3. The molecule has 0 bridgehead atoms. The molecular weight excluding hydrogens is 477 g/mol. The fourth-order valence-electron chi connectivity index (χ4n) is 4.20. The Balaban J connectivity index is 1.66. The molecule has 0 spiro atoms. The van der Waals surface area contributed by atoms with Gasteiger partial charge in [0.05, 0.1) is 5.69 Å². The number of esters is 1. The molecule has 178 valence electrons. The summed E-state index contributed by atoms with van der Waals surface area (Å²) in [5.41, 5.74) is -1.85. The smallest absolute Gasteiger partial charge is 0.435 e. The van der Waals surface area contributed by atoms with E-state index in [9.17, 15) is 22.8 Å². The number of hydrogen-bond acceptors (Lipinski definition) is 5. The number of rotatable bonds is 4. The number of carbonyl (C=O) groups is 2. The molecule has 0 radical (unpaired) electrons. The molecule has 2 aliphatic heterocycles. The maximum atomic E-state index is 15.0. The van der Waals surface area contributed by atoms with Crippen molar-refractivity contribution in [2.75, 3.05) is 4.90 Å². The lowest BCUT2D eigenvalue weighted by Gasteiger charge is -2.47. The quantitative estimate of drug-likeness (QED) is 0.387. The molecule has 1 N–H and O–H groups in total. The SMILES string of the molecule is Cc1ccc(C2(C(F)(F)F)NC(=O)C(C(=O)OCc3ccccc3)=C3Sc4ccccc4N32)cc1. The fraction of sp³-hybridized carbons (Fsp3) is 0.154. The molecule has 2 heterocycles. The van der Waals surface area contributed by atoms with Crippen molar-refractivity contribution in [3.63, 3.8) is 0 Å². The third-order valence-corrected chi connectivity index (χ3v) is 7.03. The topological polar surface area (TPSA) is 58.6 Å². The van der Waals surface area contributed by atoms with Crippen LogP contribution in [0.4, 0.5) is 18.9 Å². The average Bonchev–Trinajstić information content (AvgIpc) is 3.22. The Labute approximate surface area is 203 Å². The van der Waals surface area contributed by atoms with Crippen molar-refractivity contribution in [2.45, 2.75) is 30.3 Å². The standard InChI is InChI=1S/C26H19F3N2O3S/c1-16-11-13-18(14-12-16)25(26(27,28)29)30-22(32)21(24(33)34-15-17-7-3-2-4-8-17)23-31(25)19-9-5-6-10-20(19)35-23/h2-14H,15H2,1H3,(H,30,32). The van der Waals surface area contributed by atoms with Gasteiger partial charge in [-0.2, -0.15) is 13.2 Å². The van der Waals surface area contributed by atoms with Gasteiger partial charge in [-0.3, -0.25) is 9.69 Å². The number of thioether (sulfide) groups is 1. The van der Waals surface area contributed by atoms with Crippen LogP contribution in [0.1, 0.15) is 16.7 Å². The Hall–Kier alpha value is -3.72. The van der Waals surface area contributed by atoms with Gasteiger partial charge < -0.3 is 10.1 Å². The summed E-state index contributed by atoms with van der Waals surface area (Å²) in [6.45, 7) is 1.64. The Morgan fingerprint density at radius 3 is 2.34 bits per heavy atom. The zero-order valence-corrected chi connectivity index (χ0v) is 19.2. The van der Waals surface area contributed by atoms with Crippen molar-refractivity contribution >= 4 is 29.3 Å². The highest BCUT2D eigenvalue weighted by molar-refractivity contribution is 8.03. The number of alkyl halides is 3. The lowest BCUT2D eigenvalue weighted by molar-refractivity contribution is -0.202. The van der Waals surface area contributed by atoms with E-state index in [1.54, 1.807) is 67.6 Å². The Morgan fingerprint density at radius 1 is 1.00 bits per heavy atom. The van der Waals surface area contributed by atoms with Crippen LogP contribution in [0.5, 0.6) is 0 Å². The maximum Gasteiger partial charge on any atom is 0.435 e. The predicted octanol–water partition coefficient (Wildman–Crippen LogP) is 5.41. The van der Waals surface area contributed by atoms with Crippen molar-refractivity contribution < 1.29 is 27.5 Å². The Morgan fingerprint density at radius 2 is 1.66 bits per heavy atom. The summed E-state index contributed by atoms with van der Waals surface area (Å²) in [7, 11) is 0. The largest absolute Gasteiger partial charge is 0.457 e. The van der Waals surface area contributed by atoms with Gasteiger partial charge in [-0.1, -0.05) is 84.1 Å². The first-order valence-corrected chi connectivity index (χ1v) is 11.5. The van der Waals surface area contributed by atoms with E-state index in [2.05, 4.69) is 5.32 Å². The number of aryl methyl sites for hydroxylation is 1. The number of benzene rings is 3. The number of ether oxygens (including phenoxy) is 1. The van der Waals surface area contributed by atoms with Crippen molar-refractivity contribution in [1.29, 1.82) is 0 Å². The van der Waals surface area contributed by atoms with Crippen LogP contribution in [-0.4, -0.2) is 18.1 Å². The molecule has 1 amide bonds. The summed E-state index contributed by atoms with van der Waals surface area (Å²) in [5, 5.41) is 2.02. The summed E-state index contributed by atoms with van der Waals surface area (Å²) in [4.78, 5) is 27.8. The summed E-state index contributed by atoms with van der Waals surface area (Å²) in [5.74, 6) is -2.14. The summed E-state index contributed by atoms with van der Waals surface area (Å²) >= 11 is 0.942. The van der Waals surface area contributed by atoms with Crippen LogP contribution in [0.2, 0.25) is 0 Å². The minimum Gasteiger partial charge on any atom is -0.457 e. The van der Waals surface area contributed by atoms with Crippen LogP contribution in [0.25, 0.3) is 0 Å². The highest BCUT2D eigenvalue weighted by atomic mass is 32.2. The lowest BCUT2D eigenvalue weighted by atomic mass is 9.92. The number of anilines is 1. The Kier molecular flexibility index (Phi) is 5.59. The minimum atomic E-state index is -4.93. The van der Waals surface area contributed by atoms with E-state index in [-0.39, 0.29) is 22.9 Å². The van der Waals surface area contributed by atoms with E-state index < -0.39 is 29.3 Å². The molecule has 2 aliphatic rings. The number of halogens is 3. The summed E-state index contributed by atoms with van der Waals surface area (Å²) < 4.78 is 50.3. The molecule has 35 heavy (non-hydrogen) atoms. The molecule has 0 fully saturated rings. The second kappa shape index (κ2) is 8.49. The molecule has 5 rings (SSSR count). The van der Waals surface area contributed by atoms with Crippen molar-refractivity contribution in [3.8, 4) is 0 Å². The molecule has 1 atom stereocenters. The first kappa shape index (κ1) is 23.0. The molecule has 5 nitrogen and oxygen atoms in total. The first-order chi connectivity index (χ1) is 16.7. The zero-order chi connectivity index (χ0) is 24.8. The average molecular weight is 497 g/mol. The van der Waals surface area contributed by atoms with Gasteiger partial charge in [0, 0.05) is 10.5 Å². The monoisotopic (exact) mass is 496 g/mol. The van der Waals surface area contributed by atoms with E-state index >= 15 is 0 Å². The number of amides is 1. The van der Waals surface area contributed by atoms with Crippen molar-refractivity contribution in [3.05, 3.63) is 106 Å². The molecule has 3 aromatic rings. The van der Waals surface area contributed by atoms with Gasteiger partial charge in [-0.05, 0) is 24.6 Å². The lowest BCUT2D eigenvalue weighted by Crippen LogP contribution is -2.68. The molecule has 0 aliphatic carbocycles. The molecule has 0 saturated heterocycles. The van der Waals surface area contributed by atoms with Crippen LogP contribution in [-0.2, 0) is 26.6 Å². The van der Waals surface area contributed by atoms with Crippen LogP contribution >= 0.6 is 11.8 Å². The third kappa shape index (κ3) is 3.76. The van der Waals surface area contributed by atoms with Crippen LogP contribution in [0.3, 0.4) is 0 Å². The molecule has 1 unspecified atom stereocenters. The third-order valence-electron chi connectivity index (χ3n) is 5.88. The van der Waals surface area contributed by atoms with E-state index in [1.165, 1.54) is 18.2 Å². The summed E-state index contributed by atoms with van der Waals surface area (Å²) in [6.07, 6.45) is -4.93. The maximum absolute atomic E-state index is 15.0. The minimum absolute atomic E-state index is 0.120. The number of hydrogen-bond donors (Lipinski definition) is 1. The summed E-state index contributed by atoms with van der Waals surface area (Å²) in [6, 6.07) is 21.1. The Bertz CT molecular complexity index is 1340. The number of carbonyl (C=O) groups excluding carboxylic acids is 2. The van der Waals surface area contributed by atoms with Gasteiger partial charge in [0.1, 0.15) is 11.6 Å². The van der Waals surface area contributed by atoms with Gasteiger partial charge in [-0.15, -0.1) is 0 Å². The van der Waals surface area contributed by atoms with Crippen LogP contribution in [0, 0.1) is 6.92 Å². The fourth-order valence-corrected chi connectivity index (χ4v) is 5.42. The second-order valence-corrected chi connectivity index (χ2v) is 9.21. The molecule has 9 heteroatoms. The zero-order valence-electron chi connectivity index (χ0n) is 18.4. The molecular formula is C26H19F3N2O3S. The number of para-hydroxylation sites is 1. The van der Waals surface area contributed by atoms with Crippen LogP contribution < -0.4 is 10.2 Å². The van der Waals surface area contributed by atoms with Crippen LogP contribution in [0.15, 0.2) is 94.4 Å². The molecule has 3 aromatic carbocycles. The van der Waals surface area contributed by atoms with E-state index in [0.29, 0.717) is 10.5 Å². The van der Waals surface area contributed by atoms with Gasteiger partial charge in [-0.25, -0.2) is 4.79 Å². The van der Waals surface area contributed by atoms with E-state index in [4.69, 9.17) is 4.74 Å². The van der Waals surface area contributed by atoms with Crippen molar-refractivity contribution in [1.82, 2.24) is 5.32 Å². The molecule has 0 aromatic heterocycles. The van der Waals surface area contributed by atoms with Crippen molar-refractivity contribution in [2.24, 2.45) is 0 Å². The van der Waals surface area contributed by atoms with Gasteiger partial charge in [0.2, 0.25) is 5.66 Å². The highest BCUT2D eigenvalue weighted by Crippen LogP contribution is 2.57. The van der Waals surface area contributed by atoms with Gasteiger partial charge >= 0.3 is 12.1 Å². The number of nitrogens with one attached hydrogen (secondary N) is 1. The normalized spacial score (nSPS) is 19.2. The predicted molar refractivity (Wildman–Crippen MR) is 125 cm³/mol. The molecule has 0 saturated carbocycles. The van der Waals surface area contributed by atoms with Gasteiger partial charge in [0.25, 0.3) is 5.91 Å². The second-order valence-electron chi connectivity index (χ2n) is 8.18. The first-order valence-electron chi connectivity index (χ1n) is 10.7. The van der Waals surface area contributed by atoms with E-state index in [0.717, 1.165) is 22.2 Å². The highest BCUT2D eigenvalue weighted by Gasteiger charge is 2.66. The van der Waals surface area contributed by atoms with E-state index in [1.807, 2.05) is 0 Å². The number of nitrogens with zero attached hydrogens (tertiary/aromatic N) is 1. The van der Waals surface area contributed by atoms with Gasteiger partial charge in [0.15, 0.2) is 5.57 Å².